The third kappa shape index (κ3) is 3.37. The van der Waals surface area contributed by atoms with Crippen molar-refractivity contribution in [2.45, 2.75) is 46.5 Å². The Labute approximate surface area is 93.1 Å². The van der Waals surface area contributed by atoms with Gasteiger partial charge in [-0.3, -0.25) is 4.79 Å². The minimum atomic E-state index is 0.150. The predicted molar refractivity (Wildman–Crippen MR) is 63.6 cm³/mol. The van der Waals surface area contributed by atoms with E-state index in [1.807, 2.05) is 0 Å². The zero-order valence-corrected chi connectivity index (χ0v) is 10.4. The lowest BCUT2D eigenvalue weighted by Gasteiger charge is -2.27. The molecule has 0 aromatic rings. The van der Waals surface area contributed by atoms with Crippen LogP contribution in [0.3, 0.4) is 0 Å². The van der Waals surface area contributed by atoms with Gasteiger partial charge in [0.05, 0.1) is 0 Å². The average Bonchev–Trinajstić information content (AvgIpc) is 2.17. The Morgan fingerprint density at radius 1 is 1.53 bits per heavy atom. The van der Waals surface area contributed by atoms with Crippen molar-refractivity contribution >= 4 is 5.91 Å². The zero-order chi connectivity index (χ0) is 11.4. The van der Waals surface area contributed by atoms with Crippen LogP contribution in [0.2, 0.25) is 0 Å². The number of hydrogen-bond donors (Lipinski definition) is 1. The molecule has 0 radical (unpaired) electrons. The molecule has 0 aromatic heterocycles. The molecule has 15 heavy (non-hydrogen) atoms. The van der Waals surface area contributed by atoms with Gasteiger partial charge in [-0.05, 0) is 31.1 Å². The minimum absolute atomic E-state index is 0.150. The van der Waals surface area contributed by atoms with Crippen molar-refractivity contribution in [2.75, 3.05) is 7.05 Å². The molecule has 0 saturated heterocycles. The molecule has 86 valence electrons. The SMILES string of the molecule is CNC(=O)CC1=C(C(C)C)CC[C@@H](C)C1. The first-order valence-electron chi connectivity index (χ1n) is 5.96. The van der Waals surface area contributed by atoms with Crippen LogP contribution < -0.4 is 5.32 Å². The molecule has 1 aliphatic rings. The third-order valence-electron chi connectivity index (χ3n) is 3.31. The number of carbonyl (C=O) groups is 1. The monoisotopic (exact) mass is 209 g/mol. The summed E-state index contributed by atoms with van der Waals surface area (Å²) in [7, 11) is 1.71. The number of amides is 1. The van der Waals surface area contributed by atoms with E-state index < -0.39 is 0 Å². The van der Waals surface area contributed by atoms with Crippen molar-refractivity contribution in [3.63, 3.8) is 0 Å². The summed E-state index contributed by atoms with van der Waals surface area (Å²) >= 11 is 0. The Kier molecular flexibility index (Phi) is 4.37. The highest BCUT2D eigenvalue weighted by molar-refractivity contribution is 5.78. The fourth-order valence-electron chi connectivity index (χ4n) is 2.40. The van der Waals surface area contributed by atoms with Crippen molar-refractivity contribution in [3.05, 3.63) is 11.1 Å². The van der Waals surface area contributed by atoms with E-state index in [2.05, 4.69) is 26.1 Å². The number of rotatable bonds is 3. The lowest BCUT2D eigenvalue weighted by molar-refractivity contribution is -0.120. The standard InChI is InChI=1S/C13H23NO/c1-9(2)12-6-5-10(3)7-11(12)8-13(15)14-4/h9-10H,5-8H2,1-4H3,(H,14,15)/t10-/m1/s1. The first kappa shape index (κ1) is 12.3. The second kappa shape index (κ2) is 5.34. The molecule has 0 fully saturated rings. The Bertz CT molecular complexity index is 266. The van der Waals surface area contributed by atoms with E-state index in [1.54, 1.807) is 7.05 Å². The largest absolute Gasteiger partial charge is 0.359 e. The molecule has 2 heteroatoms. The molecule has 1 aliphatic carbocycles. The van der Waals surface area contributed by atoms with Gasteiger partial charge in [0.15, 0.2) is 0 Å². The molecule has 0 heterocycles. The van der Waals surface area contributed by atoms with E-state index in [0.29, 0.717) is 12.3 Å². The summed E-state index contributed by atoms with van der Waals surface area (Å²) in [5.41, 5.74) is 2.92. The number of nitrogens with one attached hydrogen (secondary N) is 1. The van der Waals surface area contributed by atoms with Crippen LogP contribution in [0.5, 0.6) is 0 Å². The predicted octanol–water partition coefficient (Wildman–Crippen LogP) is 2.90. The van der Waals surface area contributed by atoms with Gasteiger partial charge in [0.2, 0.25) is 5.91 Å². The molecule has 0 unspecified atom stereocenters. The smallest absolute Gasteiger partial charge is 0.223 e. The quantitative estimate of drug-likeness (QED) is 0.711. The van der Waals surface area contributed by atoms with Crippen LogP contribution in [0.15, 0.2) is 11.1 Å². The highest BCUT2D eigenvalue weighted by atomic mass is 16.1. The second-order valence-electron chi connectivity index (χ2n) is 4.98. The van der Waals surface area contributed by atoms with Crippen LogP contribution in [0.25, 0.3) is 0 Å². The van der Waals surface area contributed by atoms with Gasteiger partial charge in [0, 0.05) is 13.5 Å². The van der Waals surface area contributed by atoms with Gasteiger partial charge in [-0.1, -0.05) is 31.9 Å². The maximum atomic E-state index is 11.4. The Balaban J connectivity index is 2.79. The maximum Gasteiger partial charge on any atom is 0.223 e. The molecule has 1 N–H and O–H groups in total. The molecule has 1 atom stereocenters. The first-order chi connectivity index (χ1) is 7.04. The maximum absolute atomic E-state index is 11.4. The van der Waals surface area contributed by atoms with Crippen LogP contribution in [0.4, 0.5) is 0 Å². The van der Waals surface area contributed by atoms with Gasteiger partial charge < -0.3 is 5.32 Å². The van der Waals surface area contributed by atoms with Crippen LogP contribution in [-0.4, -0.2) is 13.0 Å². The third-order valence-corrected chi connectivity index (χ3v) is 3.31. The van der Waals surface area contributed by atoms with Crippen LogP contribution in [0, 0.1) is 11.8 Å². The van der Waals surface area contributed by atoms with Crippen LogP contribution in [0.1, 0.15) is 46.5 Å². The normalized spacial score (nSPS) is 22.1. The summed E-state index contributed by atoms with van der Waals surface area (Å²) in [5.74, 6) is 1.49. The van der Waals surface area contributed by atoms with Crippen LogP contribution >= 0.6 is 0 Å². The molecule has 0 aromatic carbocycles. The van der Waals surface area contributed by atoms with Crippen molar-refractivity contribution in [1.29, 1.82) is 0 Å². The minimum Gasteiger partial charge on any atom is -0.359 e. The zero-order valence-electron chi connectivity index (χ0n) is 10.4. The van der Waals surface area contributed by atoms with E-state index in [-0.39, 0.29) is 5.91 Å². The topological polar surface area (TPSA) is 29.1 Å². The summed E-state index contributed by atoms with van der Waals surface area (Å²) in [4.78, 5) is 11.4. The van der Waals surface area contributed by atoms with Gasteiger partial charge >= 0.3 is 0 Å². The summed E-state index contributed by atoms with van der Waals surface area (Å²) in [6.07, 6.45) is 4.19. The first-order valence-corrected chi connectivity index (χ1v) is 5.96. The number of carbonyl (C=O) groups excluding carboxylic acids is 1. The van der Waals surface area contributed by atoms with Gasteiger partial charge in [0.25, 0.3) is 0 Å². The molecule has 0 saturated carbocycles. The summed E-state index contributed by atoms with van der Waals surface area (Å²) in [6.45, 7) is 6.74. The van der Waals surface area contributed by atoms with Gasteiger partial charge in [-0.2, -0.15) is 0 Å². The molecule has 1 rings (SSSR count). The summed E-state index contributed by atoms with van der Waals surface area (Å²) in [5, 5.41) is 2.71. The van der Waals surface area contributed by atoms with Crippen molar-refractivity contribution in [3.8, 4) is 0 Å². The molecule has 0 aliphatic heterocycles. The Hall–Kier alpha value is -0.790. The molecule has 0 bridgehead atoms. The molecule has 0 spiro atoms. The van der Waals surface area contributed by atoms with E-state index in [9.17, 15) is 4.79 Å². The van der Waals surface area contributed by atoms with Gasteiger partial charge in [-0.15, -0.1) is 0 Å². The van der Waals surface area contributed by atoms with E-state index in [1.165, 1.54) is 24.0 Å². The fraction of sp³-hybridized carbons (Fsp3) is 0.769. The van der Waals surface area contributed by atoms with Crippen LogP contribution in [-0.2, 0) is 4.79 Å². The van der Waals surface area contributed by atoms with E-state index in [4.69, 9.17) is 0 Å². The van der Waals surface area contributed by atoms with Gasteiger partial charge in [0.1, 0.15) is 0 Å². The molecule has 1 amide bonds. The van der Waals surface area contributed by atoms with Crippen molar-refractivity contribution in [1.82, 2.24) is 5.32 Å². The highest BCUT2D eigenvalue weighted by Crippen LogP contribution is 2.34. The number of allylic oxidation sites excluding steroid dienone is 1. The average molecular weight is 209 g/mol. The Morgan fingerprint density at radius 3 is 2.73 bits per heavy atom. The molecular formula is C13H23NO. The van der Waals surface area contributed by atoms with E-state index in [0.717, 1.165) is 12.3 Å². The molecule has 2 nitrogen and oxygen atoms in total. The molecular weight excluding hydrogens is 186 g/mol. The fourth-order valence-corrected chi connectivity index (χ4v) is 2.40. The van der Waals surface area contributed by atoms with E-state index >= 15 is 0 Å². The highest BCUT2D eigenvalue weighted by Gasteiger charge is 2.21. The Morgan fingerprint density at radius 2 is 2.20 bits per heavy atom. The van der Waals surface area contributed by atoms with Crippen molar-refractivity contribution in [2.24, 2.45) is 11.8 Å². The van der Waals surface area contributed by atoms with Crippen molar-refractivity contribution < 1.29 is 4.79 Å². The number of hydrogen-bond acceptors (Lipinski definition) is 1. The second-order valence-corrected chi connectivity index (χ2v) is 4.98. The van der Waals surface area contributed by atoms with Gasteiger partial charge in [-0.25, -0.2) is 0 Å². The lowest BCUT2D eigenvalue weighted by Crippen LogP contribution is -2.21. The lowest BCUT2D eigenvalue weighted by atomic mass is 9.79. The summed E-state index contributed by atoms with van der Waals surface area (Å²) in [6, 6.07) is 0. The summed E-state index contributed by atoms with van der Waals surface area (Å²) < 4.78 is 0.